The van der Waals surface area contributed by atoms with Crippen LogP contribution in [0.3, 0.4) is 0 Å². The Bertz CT molecular complexity index is 634. The average Bonchev–Trinajstić information content (AvgIpc) is 3.00. The Morgan fingerprint density at radius 2 is 2.12 bits per heavy atom. The van der Waals surface area contributed by atoms with Crippen LogP contribution in [-0.4, -0.2) is 30.2 Å². The molecule has 3 heterocycles. The second-order valence-electron chi connectivity index (χ2n) is 3.13. The molecule has 17 heavy (non-hydrogen) atoms. The first kappa shape index (κ1) is 9.97. The van der Waals surface area contributed by atoms with Crippen molar-refractivity contribution in [2.45, 2.75) is 0 Å². The molecule has 6 nitrogen and oxygen atoms in total. The molecule has 0 aliphatic carbocycles. The highest BCUT2D eigenvalue weighted by Crippen LogP contribution is 2.18. The van der Waals surface area contributed by atoms with E-state index in [1.165, 1.54) is 28.4 Å². The fourth-order valence-corrected chi connectivity index (χ4v) is 1.80. The van der Waals surface area contributed by atoms with E-state index in [1.54, 1.807) is 11.7 Å². The maximum atomic E-state index is 13.0. The third-order valence-electron chi connectivity index (χ3n) is 1.99. The fraction of sp³-hybridized carbons (Fsp3) is 0. The lowest BCUT2D eigenvalue weighted by Gasteiger charge is -1.95. The van der Waals surface area contributed by atoms with Gasteiger partial charge in [0, 0.05) is 12.3 Å². The number of nitrogens with zero attached hydrogens (tertiary/aromatic N) is 6. The Morgan fingerprint density at radius 3 is 2.88 bits per heavy atom. The highest BCUT2D eigenvalue weighted by molar-refractivity contribution is 7.13. The van der Waals surface area contributed by atoms with Crippen LogP contribution < -0.4 is 0 Å². The first-order chi connectivity index (χ1) is 8.33. The van der Waals surface area contributed by atoms with Gasteiger partial charge in [0.1, 0.15) is 11.5 Å². The molecule has 0 unspecified atom stereocenters. The highest BCUT2D eigenvalue weighted by Gasteiger charge is 2.09. The Kier molecular flexibility index (Phi) is 2.33. The summed E-state index contributed by atoms with van der Waals surface area (Å²) in [6, 6.07) is 1.28. The summed E-state index contributed by atoms with van der Waals surface area (Å²) in [5.41, 5.74) is 2.10. The zero-order chi connectivity index (χ0) is 11.7. The zero-order valence-corrected chi connectivity index (χ0v) is 9.17. The summed E-state index contributed by atoms with van der Waals surface area (Å²) in [6.45, 7) is 0. The standard InChI is InChI=1S/C9H5FN6S/c10-6-1-7(3-11-2-6)16-14-9(13-15-16)8-4-12-5-17-8/h1-5H. The van der Waals surface area contributed by atoms with Crippen molar-refractivity contribution in [3.05, 3.63) is 36.0 Å². The molecular weight excluding hydrogens is 243 g/mol. The van der Waals surface area contributed by atoms with E-state index >= 15 is 0 Å². The Labute approximate surface area is 98.8 Å². The molecule has 0 bridgehead atoms. The topological polar surface area (TPSA) is 69.4 Å². The van der Waals surface area contributed by atoms with Crippen LogP contribution in [0.4, 0.5) is 4.39 Å². The molecule has 3 rings (SSSR count). The van der Waals surface area contributed by atoms with E-state index in [1.807, 2.05) is 0 Å². The van der Waals surface area contributed by atoms with E-state index in [9.17, 15) is 4.39 Å². The number of hydrogen-bond donors (Lipinski definition) is 0. The molecule has 8 heteroatoms. The van der Waals surface area contributed by atoms with Crippen molar-refractivity contribution in [1.82, 2.24) is 30.2 Å². The lowest BCUT2D eigenvalue weighted by molar-refractivity contribution is 0.613. The minimum Gasteiger partial charge on any atom is -0.259 e. The second-order valence-corrected chi connectivity index (χ2v) is 4.02. The van der Waals surface area contributed by atoms with Gasteiger partial charge in [-0.25, -0.2) is 4.39 Å². The van der Waals surface area contributed by atoms with Gasteiger partial charge < -0.3 is 0 Å². The van der Waals surface area contributed by atoms with Crippen molar-refractivity contribution in [3.8, 4) is 16.4 Å². The van der Waals surface area contributed by atoms with Crippen molar-refractivity contribution in [1.29, 1.82) is 0 Å². The van der Waals surface area contributed by atoms with Crippen LogP contribution in [0.25, 0.3) is 16.4 Å². The van der Waals surface area contributed by atoms with Crippen LogP contribution in [0, 0.1) is 5.82 Å². The quantitative estimate of drug-likeness (QED) is 0.684. The van der Waals surface area contributed by atoms with E-state index in [0.29, 0.717) is 11.5 Å². The molecule has 0 amide bonds. The maximum Gasteiger partial charge on any atom is 0.216 e. The van der Waals surface area contributed by atoms with Gasteiger partial charge in [-0.2, -0.15) is 0 Å². The van der Waals surface area contributed by atoms with E-state index in [4.69, 9.17) is 0 Å². The number of aromatic nitrogens is 6. The average molecular weight is 248 g/mol. The molecule has 3 aromatic rings. The molecule has 84 valence electrons. The van der Waals surface area contributed by atoms with Gasteiger partial charge in [0.25, 0.3) is 0 Å². The van der Waals surface area contributed by atoms with Gasteiger partial charge in [-0.1, -0.05) is 0 Å². The van der Waals surface area contributed by atoms with Crippen LogP contribution in [0.1, 0.15) is 0 Å². The van der Waals surface area contributed by atoms with Gasteiger partial charge in [-0.05, 0) is 5.21 Å². The van der Waals surface area contributed by atoms with Crippen LogP contribution >= 0.6 is 11.3 Å². The summed E-state index contributed by atoms with van der Waals surface area (Å²) in [6.07, 6.45) is 4.22. The van der Waals surface area contributed by atoms with Crippen LogP contribution in [-0.2, 0) is 0 Å². The summed E-state index contributed by atoms with van der Waals surface area (Å²) >= 11 is 1.41. The first-order valence-electron chi connectivity index (χ1n) is 4.63. The van der Waals surface area contributed by atoms with E-state index in [2.05, 4.69) is 25.4 Å². The Hall–Kier alpha value is -2.22. The Balaban J connectivity index is 2.01. The summed E-state index contributed by atoms with van der Waals surface area (Å²) in [4.78, 5) is 9.68. The lowest BCUT2D eigenvalue weighted by Crippen LogP contribution is -2.00. The fourth-order valence-electron chi connectivity index (χ4n) is 1.26. The third kappa shape index (κ3) is 1.89. The monoisotopic (exact) mass is 248 g/mol. The molecule has 0 aliphatic rings. The summed E-state index contributed by atoms with van der Waals surface area (Å²) in [5, 5.41) is 11.8. The molecule has 0 aliphatic heterocycles. The summed E-state index contributed by atoms with van der Waals surface area (Å²) < 4.78 is 13.0. The molecule has 0 aromatic carbocycles. The molecule has 0 saturated heterocycles. The smallest absolute Gasteiger partial charge is 0.216 e. The van der Waals surface area contributed by atoms with E-state index in [-0.39, 0.29) is 0 Å². The molecule has 3 aromatic heterocycles. The molecule has 0 atom stereocenters. The predicted molar refractivity (Wildman–Crippen MR) is 58.0 cm³/mol. The van der Waals surface area contributed by atoms with Gasteiger partial charge in [0.05, 0.1) is 22.8 Å². The SMILES string of the molecule is Fc1cncc(-n2nnc(-c3cncs3)n2)c1. The first-order valence-corrected chi connectivity index (χ1v) is 5.51. The number of rotatable bonds is 2. The zero-order valence-electron chi connectivity index (χ0n) is 8.36. The maximum absolute atomic E-state index is 13.0. The van der Waals surface area contributed by atoms with Crippen molar-refractivity contribution < 1.29 is 4.39 Å². The largest absolute Gasteiger partial charge is 0.259 e. The Morgan fingerprint density at radius 1 is 1.18 bits per heavy atom. The molecular formula is C9H5FN6S. The molecule has 0 N–H and O–H groups in total. The minimum absolute atomic E-state index is 0.424. The molecule has 0 fully saturated rings. The highest BCUT2D eigenvalue weighted by atomic mass is 32.1. The van der Waals surface area contributed by atoms with Crippen LogP contribution in [0.5, 0.6) is 0 Å². The van der Waals surface area contributed by atoms with Crippen molar-refractivity contribution in [3.63, 3.8) is 0 Å². The minimum atomic E-state index is -0.445. The van der Waals surface area contributed by atoms with Gasteiger partial charge >= 0.3 is 0 Å². The van der Waals surface area contributed by atoms with Gasteiger partial charge in [-0.15, -0.1) is 26.3 Å². The molecule has 0 saturated carbocycles. The number of pyridine rings is 1. The van der Waals surface area contributed by atoms with Gasteiger partial charge in [0.15, 0.2) is 0 Å². The molecule has 0 radical (unpaired) electrons. The van der Waals surface area contributed by atoms with Crippen LogP contribution in [0.2, 0.25) is 0 Å². The van der Waals surface area contributed by atoms with Crippen molar-refractivity contribution in [2.75, 3.05) is 0 Å². The number of thiazole rings is 1. The number of halogens is 1. The number of hydrogen-bond acceptors (Lipinski definition) is 6. The van der Waals surface area contributed by atoms with Crippen LogP contribution in [0.15, 0.2) is 30.2 Å². The van der Waals surface area contributed by atoms with E-state index < -0.39 is 5.82 Å². The number of tetrazole rings is 1. The summed E-state index contributed by atoms with van der Waals surface area (Å²) in [7, 11) is 0. The predicted octanol–water partition coefficient (Wildman–Crippen LogP) is 1.32. The van der Waals surface area contributed by atoms with Gasteiger partial charge in [-0.3, -0.25) is 9.97 Å². The van der Waals surface area contributed by atoms with Gasteiger partial charge in [0.2, 0.25) is 5.82 Å². The second kappa shape index (κ2) is 3.98. The summed E-state index contributed by atoms with van der Waals surface area (Å²) in [5.74, 6) is 0.0101. The van der Waals surface area contributed by atoms with E-state index in [0.717, 1.165) is 11.1 Å². The van der Waals surface area contributed by atoms with Crippen molar-refractivity contribution in [2.24, 2.45) is 0 Å². The lowest BCUT2D eigenvalue weighted by atomic mass is 10.4. The van der Waals surface area contributed by atoms with Crippen molar-refractivity contribution >= 4 is 11.3 Å². The normalized spacial score (nSPS) is 10.6. The third-order valence-corrected chi connectivity index (χ3v) is 2.76. The molecule has 0 spiro atoms.